The lowest BCUT2D eigenvalue weighted by Gasteiger charge is -2.34. The number of nitrogens with zero attached hydrogens (tertiary/aromatic N) is 2. The largest absolute Gasteiger partial charge is 0.314 e. The summed E-state index contributed by atoms with van der Waals surface area (Å²) in [5, 5.41) is 3.37. The molecule has 2 fully saturated rings. The molecule has 0 spiro atoms. The van der Waals surface area contributed by atoms with E-state index in [-0.39, 0.29) is 5.75 Å². The Bertz CT molecular complexity index is 385. The van der Waals surface area contributed by atoms with E-state index in [1.54, 1.807) is 4.31 Å². The van der Waals surface area contributed by atoms with Gasteiger partial charge in [-0.25, -0.2) is 8.42 Å². The zero-order valence-electron chi connectivity index (χ0n) is 12.8. The SMILES string of the molecule is CC(C)CN1CCN(S(=O)(=O)CCCNC2CC2)CC1. The molecule has 0 bridgehead atoms. The highest BCUT2D eigenvalue weighted by molar-refractivity contribution is 7.89. The lowest BCUT2D eigenvalue weighted by molar-refractivity contribution is 0.172. The van der Waals surface area contributed by atoms with Gasteiger partial charge in [0.2, 0.25) is 10.0 Å². The smallest absolute Gasteiger partial charge is 0.214 e. The van der Waals surface area contributed by atoms with Gasteiger partial charge in [0.25, 0.3) is 0 Å². The molecule has 1 heterocycles. The minimum absolute atomic E-state index is 0.289. The molecule has 0 amide bonds. The average Bonchev–Trinajstić information content (AvgIpc) is 3.19. The summed E-state index contributed by atoms with van der Waals surface area (Å²) in [5.41, 5.74) is 0. The predicted octanol–water partition coefficient (Wildman–Crippen LogP) is 0.732. The molecule has 5 nitrogen and oxygen atoms in total. The van der Waals surface area contributed by atoms with Gasteiger partial charge in [-0.2, -0.15) is 4.31 Å². The van der Waals surface area contributed by atoms with Gasteiger partial charge in [-0.3, -0.25) is 0 Å². The molecule has 0 aromatic heterocycles. The molecule has 1 saturated carbocycles. The van der Waals surface area contributed by atoms with Crippen molar-refractivity contribution in [2.75, 3.05) is 45.0 Å². The molecule has 20 heavy (non-hydrogen) atoms. The Morgan fingerprint density at radius 3 is 2.35 bits per heavy atom. The van der Waals surface area contributed by atoms with Crippen molar-refractivity contribution in [2.24, 2.45) is 5.92 Å². The van der Waals surface area contributed by atoms with Crippen molar-refractivity contribution in [1.82, 2.24) is 14.5 Å². The maximum absolute atomic E-state index is 12.3. The number of sulfonamides is 1. The van der Waals surface area contributed by atoms with Crippen LogP contribution in [0.4, 0.5) is 0 Å². The second-order valence-corrected chi connectivity index (χ2v) is 8.58. The van der Waals surface area contributed by atoms with Crippen molar-refractivity contribution in [3.63, 3.8) is 0 Å². The van der Waals surface area contributed by atoms with E-state index >= 15 is 0 Å². The molecule has 0 aromatic carbocycles. The molecular weight excluding hydrogens is 274 g/mol. The fraction of sp³-hybridized carbons (Fsp3) is 1.00. The molecular formula is C14H29N3O2S. The van der Waals surface area contributed by atoms with E-state index in [4.69, 9.17) is 0 Å². The lowest BCUT2D eigenvalue weighted by Crippen LogP contribution is -2.50. The Hall–Kier alpha value is -0.170. The van der Waals surface area contributed by atoms with Gasteiger partial charge in [-0.05, 0) is 31.7 Å². The summed E-state index contributed by atoms with van der Waals surface area (Å²) in [7, 11) is -3.05. The first-order valence-corrected chi connectivity index (χ1v) is 9.52. The quantitative estimate of drug-likeness (QED) is 0.672. The first kappa shape index (κ1) is 16.2. The second-order valence-electron chi connectivity index (χ2n) is 6.49. The highest BCUT2D eigenvalue weighted by atomic mass is 32.2. The molecule has 0 radical (unpaired) electrons. The third-order valence-electron chi connectivity index (χ3n) is 3.94. The van der Waals surface area contributed by atoms with E-state index in [9.17, 15) is 8.42 Å². The van der Waals surface area contributed by atoms with Gasteiger partial charge in [-0.15, -0.1) is 0 Å². The van der Waals surface area contributed by atoms with Crippen LogP contribution in [0.15, 0.2) is 0 Å². The molecule has 2 rings (SSSR count). The van der Waals surface area contributed by atoms with Gasteiger partial charge in [-0.1, -0.05) is 13.8 Å². The fourth-order valence-electron chi connectivity index (χ4n) is 2.68. The van der Waals surface area contributed by atoms with Gasteiger partial charge in [0, 0.05) is 38.8 Å². The van der Waals surface area contributed by atoms with Gasteiger partial charge in [0.1, 0.15) is 0 Å². The molecule has 0 atom stereocenters. The van der Waals surface area contributed by atoms with Crippen LogP contribution in [0.2, 0.25) is 0 Å². The molecule has 118 valence electrons. The van der Waals surface area contributed by atoms with Crippen LogP contribution < -0.4 is 5.32 Å². The van der Waals surface area contributed by atoms with Crippen LogP contribution in [-0.4, -0.2) is 68.7 Å². The van der Waals surface area contributed by atoms with E-state index in [0.29, 0.717) is 25.0 Å². The zero-order chi connectivity index (χ0) is 14.6. The van der Waals surface area contributed by atoms with E-state index in [1.807, 2.05) is 0 Å². The topological polar surface area (TPSA) is 52.7 Å². The number of nitrogens with one attached hydrogen (secondary N) is 1. The predicted molar refractivity (Wildman–Crippen MR) is 82.3 cm³/mol. The number of hydrogen-bond donors (Lipinski definition) is 1. The van der Waals surface area contributed by atoms with Crippen LogP contribution in [0.5, 0.6) is 0 Å². The molecule has 1 aliphatic heterocycles. The Labute approximate surface area is 123 Å². The number of rotatable bonds is 8. The zero-order valence-corrected chi connectivity index (χ0v) is 13.7. The van der Waals surface area contributed by atoms with Crippen LogP contribution in [-0.2, 0) is 10.0 Å². The fourth-order valence-corrected chi connectivity index (χ4v) is 4.17. The third-order valence-corrected chi connectivity index (χ3v) is 5.89. The van der Waals surface area contributed by atoms with Crippen molar-refractivity contribution >= 4 is 10.0 Å². The minimum Gasteiger partial charge on any atom is -0.314 e. The van der Waals surface area contributed by atoms with Crippen LogP contribution in [0.3, 0.4) is 0 Å². The summed E-state index contributed by atoms with van der Waals surface area (Å²) in [5.74, 6) is 0.934. The van der Waals surface area contributed by atoms with Gasteiger partial charge in [0.15, 0.2) is 0 Å². The lowest BCUT2D eigenvalue weighted by atomic mass is 10.2. The van der Waals surface area contributed by atoms with Crippen molar-refractivity contribution in [3.8, 4) is 0 Å². The van der Waals surface area contributed by atoms with Gasteiger partial charge < -0.3 is 10.2 Å². The molecule has 1 aliphatic carbocycles. The summed E-state index contributed by atoms with van der Waals surface area (Å²) in [6.07, 6.45) is 3.24. The monoisotopic (exact) mass is 303 g/mol. The third kappa shape index (κ3) is 5.31. The summed E-state index contributed by atoms with van der Waals surface area (Å²) in [4.78, 5) is 2.37. The second kappa shape index (κ2) is 7.20. The molecule has 0 aromatic rings. The summed E-state index contributed by atoms with van der Waals surface area (Å²) >= 11 is 0. The molecule has 1 N–H and O–H groups in total. The van der Waals surface area contributed by atoms with Crippen LogP contribution in [0, 0.1) is 5.92 Å². The normalized spacial score (nSPS) is 22.6. The Kier molecular flexibility index (Phi) is 5.84. The van der Waals surface area contributed by atoms with Gasteiger partial charge in [0.05, 0.1) is 5.75 Å². The van der Waals surface area contributed by atoms with E-state index in [0.717, 1.165) is 32.6 Å². The summed E-state index contributed by atoms with van der Waals surface area (Å²) in [6, 6.07) is 0.664. The molecule has 6 heteroatoms. The Morgan fingerprint density at radius 2 is 1.80 bits per heavy atom. The number of hydrogen-bond acceptors (Lipinski definition) is 4. The van der Waals surface area contributed by atoms with Crippen molar-refractivity contribution in [3.05, 3.63) is 0 Å². The highest BCUT2D eigenvalue weighted by Crippen LogP contribution is 2.18. The van der Waals surface area contributed by atoms with Crippen molar-refractivity contribution in [1.29, 1.82) is 0 Å². The Morgan fingerprint density at radius 1 is 1.15 bits per heavy atom. The van der Waals surface area contributed by atoms with Gasteiger partial charge >= 0.3 is 0 Å². The maximum atomic E-state index is 12.3. The standard InChI is InChI=1S/C14H29N3O2S/c1-13(2)12-16-7-9-17(10-8-16)20(18,19)11-3-6-15-14-4-5-14/h13-15H,3-12H2,1-2H3. The summed E-state index contributed by atoms with van der Waals surface area (Å²) < 4.78 is 26.2. The van der Waals surface area contributed by atoms with E-state index in [2.05, 4.69) is 24.1 Å². The average molecular weight is 303 g/mol. The van der Waals surface area contributed by atoms with Crippen molar-refractivity contribution < 1.29 is 8.42 Å². The first-order chi connectivity index (χ1) is 9.47. The van der Waals surface area contributed by atoms with Crippen molar-refractivity contribution in [2.45, 2.75) is 39.2 Å². The first-order valence-electron chi connectivity index (χ1n) is 7.91. The molecule has 0 unspecified atom stereocenters. The Balaban J connectivity index is 1.67. The van der Waals surface area contributed by atoms with Crippen LogP contribution in [0.1, 0.15) is 33.1 Å². The van der Waals surface area contributed by atoms with E-state index < -0.39 is 10.0 Å². The molecule has 1 saturated heterocycles. The molecule has 2 aliphatic rings. The maximum Gasteiger partial charge on any atom is 0.214 e. The highest BCUT2D eigenvalue weighted by Gasteiger charge is 2.27. The van der Waals surface area contributed by atoms with E-state index in [1.165, 1.54) is 12.8 Å². The number of piperazine rings is 1. The van der Waals surface area contributed by atoms with Crippen LogP contribution >= 0.6 is 0 Å². The van der Waals surface area contributed by atoms with Crippen LogP contribution in [0.25, 0.3) is 0 Å². The minimum atomic E-state index is -3.05. The summed E-state index contributed by atoms with van der Waals surface area (Å²) in [6.45, 7) is 9.37.